The number of pyridine rings is 2. The molecule has 0 aliphatic carbocycles. The number of hydrogen-bond donors (Lipinski definition) is 1. The zero-order valence-corrected chi connectivity index (χ0v) is 16.6. The number of nitrogens with one attached hydrogen (secondary N) is 1. The average Bonchev–Trinajstić information content (AvgIpc) is 3.20. The van der Waals surface area contributed by atoms with Crippen molar-refractivity contribution < 1.29 is 14.3 Å². The first-order valence-electron chi connectivity index (χ1n) is 9.73. The molecule has 0 fully saturated rings. The van der Waals surface area contributed by atoms with E-state index in [1.54, 1.807) is 24.4 Å². The van der Waals surface area contributed by atoms with Crippen molar-refractivity contribution in [2.45, 2.75) is 20.1 Å². The minimum atomic E-state index is -0.195. The second-order valence-electron chi connectivity index (χ2n) is 6.60. The van der Waals surface area contributed by atoms with Gasteiger partial charge in [0.2, 0.25) is 5.88 Å². The monoisotopic (exact) mass is 402 g/mol. The number of carbonyl (C=O) groups is 1. The molecule has 0 spiro atoms. The Bertz CT molecular complexity index is 1120. The predicted octanol–water partition coefficient (Wildman–Crippen LogP) is 3.64. The van der Waals surface area contributed by atoms with E-state index in [0.717, 1.165) is 16.9 Å². The van der Waals surface area contributed by atoms with Crippen LogP contribution in [0.15, 0.2) is 73.2 Å². The van der Waals surface area contributed by atoms with Crippen LogP contribution in [0.4, 0.5) is 0 Å². The molecule has 7 nitrogen and oxygen atoms in total. The fraction of sp³-hybridized carbons (Fsp3) is 0.174. The smallest absolute Gasteiger partial charge is 0.251 e. The van der Waals surface area contributed by atoms with E-state index in [0.29, 0.717) is 37.0 Å². The third-order valence-corrected chi connectivity index (χ3v) is 4.47. The molecule has 4 rings (SSSR count). The SMILES string of the molecule is CCOc1ncccc1CNC(=O)c1cccc(OCc2cn3ccccc3n2)c1. The Morgan fingerprint density at radius 1 is 1.10 bits per heavy atom. The molecule has 3 aromatic heterocycles. The van der Waals surface area contributed by atoms with E-state index in [1.165, 1.54) is 0 Å². The summed E-state index contributed by atoms with van der Waals surface area (Å²) in [6, 6.07) is 16.6. The van der Waals surface area contributed by atoms with E-state index in [9.17, 15) is 4.79 Å². The molecule has 0 unspecified atom stereocenters. The molecule has 30 heavy (non-hydrogen) atoms. The molecule has 0 saturated heterocycles. The third kappa shape index (κ3) is 4.57. The Morgan fingerprint density at radius 3 is 2.90 bits per heavy atom. The summed E-state index contributed by atoms with van der Waals surface area (Å²) >= 11 is 0. The van der Waals surface area contributed by atoms with Crippen LogP contribution >= 0.6 is 0 Å². The highest BCUT2D eigenvalue weighted by Crippen LogP contribution is 2.17. The van der Waals surface area contributed by atoms with Crippen molar-refractivity contribution >= 4 is 11.6 Å². The second-order valence-corrected chi connectivity index (χ2v) is 6.60. The summed E-state index contributed by atoms with van der Waals surface area (Å²) in [5.74, 6) is 0.945. The number of amides is 1. The van der Waals surface area contributed by atoms with E-state index >= 15 is 0 Å². The molecule has 0 atom stereocenters. The molecular formula is C23H22N4O3. The second kappa shape index (κ2) is 9.09. The standard InChI is InChI=1S/C23H22N4O3/c1-2-29-23-18(8-6-11-24-23)14-25-22(28)17-7-5-9-20(13-17)30-16-19-15-27-12-4-3-10-21(27)26-19/h3-13,15H,2,14,16H2,1H3,(H,25,28). The lowest BCUT2D eigenvalue weighted by atomic mass is 10.2. The number of imidazole rings is 1. The predicted molar refractivity (Wildman–Crippen MR) is 113 cm³/mol. The van der Waals surface area contributed by atoms with Crippen LogP contribution in [0.25, 0.3) is 5.65 Å². The maximum atomic E-state index is 12.6. The maximum Gasteiger partial charge on any atom is 0.251 e. The Hall–Kier alpha value is -3.87. The third-order valence-electron chi connectivity index (χ3n) is 4.47. The highest BCUT2D eigenvalue weighted by Gasteiger charge is 2.10. The molecule has 0 aliphatic rings. The number of nitrogens with zero attached hydrogens (tertiary/aromatic N) is 3. The van der Waals surface area contributed by atoms with E-state index in [1.807, 2.05) is 60.1 Å². The van der Waals surface area contributed by atoms with Gasteiger partial charge in [-0.25, -0.2) is 9.97 Å². The Kier molecular flexibility index (Phi) is 5.89. The van der Waals surface area contributed by atoms with Crippen molar-refractivity contribution in [1.82, 2.24) is 19.7 Å². The summed E-state index contributed by atoms with van der Waals surface area (Å²) in [6.07, 6.45) is 5.53. The Balaban J connectivity index is 1.38. The Morgan fingerprint density at radius 2 is 2.03 bits per heavy atom. The molecule has 0 saturated carbocycles. The van der Waals surface area contributed by atoms with Crippen LogP contribution in [0.2, 0.25) is 0 Å². The Labute approximate surface area is 174 Å². The topological polar surface area (TPSA) is 77.8 Å². The summed E-state index contributed by atoms with van der Waals surface area (Å²) in [4.78, 5) is 21.3. The van der Waals surface area contributed by atoms with Crippen LogP contribution in [0.3, 0.4) is 0 Å². The summed E-state index contributed by atoms with van der Waals surface area (Å²) < 4.78 is 13.3. The van der Waals surface area contributed by atoms with Crippen molar-refractivity contribution in [3.05, 3.63) is 90.0 Å². The van der Waals surface area contributed by atoms with Crippen LogP contribution in [0.5, 0.6) is 11.6 Å². The number of rotatable bonds is 8. The number of carbonyl (C=O) groups excluding carboxylic acids is 1. The lowest BCUT2D eigenvalue weighted by Gasteiger charge is -2.10. The van der Waals surface area contributed by atoms with Crippen molar-refractivity contribution in [3.8, 4) is 11.6 Å². The number of hydrogen-bond acceptors (Lipinski definition) is 5. The minimum Gasteiger partial charge on any atom is -0.487 e. The van der Waals surface area contributed by atoms with E-state index in [2.05, 4.69) is 15.3 Å². The van der Waals surface area contributed by atoms with Gasteiger partial charge in [-0.15, -0.1) is 0 Å². The van der Waals surface area contributed by atoms with E-state index < -0.39 is 0 Å². The first-order chi connectivity index (χ1) is 14.7. The number of ether oxygens (including phenoxy) is 2. The van der Waals surface area contributed by atoms with Gasteiger partial charge in [-0.1, -0.05) is 18.2 Å². The van der Waals surface area contributed by atoms with Crippen LogP contribution < -0.4 is 14.8 Å². The van der Waals surface area contributed by atoms with Gasteiger partial charge in [0, 0.05) is 36.3 Å². The van der Waals surface area contributed by atoms with Crippen molar-refractivity contribution in [2.24, 2.45) is 0 Å². The van der Waals surface area contributed by atoms with Gasteiger partial charge in [0.25, 0.3) is 5.91 Å². The molecule has 1 N–H and O–H groups in total. The zero-order valence-electron chi connectivity index (χ0n) is 16.6. The lowest BCUT2D eigenvalue weighted by molar-refractivity contribution is 0.0950. The molecular weight excluding hydrogens is 380 g/mol. The van der Waals surface area contributed by atoms with Gasteiger partial charge in [-0.2, -0.15) is 0 Å². The van der Waals surface area contributed by atoms with Gasteiger partial charge < -0.3 is 19.2 Å². The van der Waals surface area contributed by atoms with Crippen molar-refractivity contribution in [3.63, 3.8) is 0 Å². The first kappa shape index (κ1) is 19.4. The van der Waals surface area contributed by atoms with Crippen LogP contribution in [-0.2, 0) is 13.2 Å². The summed E-state index contributed by atoms with van der Waals surface area (Å²) in [5, 5.41) is 2.90. The number of benzene rings is 1. The molecule has 1 amide bonds. The fourth-order valence-electron chi connectivity index (χ4n) is 3.04. The molecule has 0 radical (unpaired) electrons. The lowest BCUT2D eigenvalue weighted by Crippen LogP contribution is -2.23. The average molecular weight is 402 g/mol. The zero-order chi connectivity index (χ0) is 20.8. The molecule has 1 aromatic carbocycles. The quantitative estimate of drug-likeness (QED) is 0.487. The van der Waals surface area contributed by atoms with Gasteiger partial charge in [0.1, 0.15) is 18.0 Å². The van der Waals surface area contributed by atoms with Gasteiger partial charge in [-0.3, -0.25) is 4.79 Å². The molecule has 0 aliphatic heterocycles. The van der Waals surface area contributed by atoms with Gasteiger partial charge >= 0.3 is 0 Å². The van der Waals surface area contributed by atoms with Crippen LogP contribution in [-0.4, -0.2) is 26.9 Å². The summed E-state index contributed by atoms with van der Waals surface area (Å²) in [7, 11) is 0. The molecule has 0 bridgehead atoms. The van der Waals surface area contributed by atoms with E-state index in [-0.39, 0.29) is 5.91 Å². The highest BCUT2D eigenvalue weighted by molar-refractivity contribution is 5.94. The van der Waals surface area contributed by atoms with Crippen molar-refractivity contribution in [1.29, 1.82) is 0 Å². The van der Waals surface area contributed by atoms with Crippen molar-refractivity contribution in [2.75, 3.05) is 6.61 Å². The first-order valence-corrected chi connectivity index (χ1v) is 9.73. The molecule has 7 heteroatoms. The molecule has 152 valence electrons. The fourth-order valence-corrected chi connectivity index (χ4v) is 3.04. The molecule has 4 aromatic rings. The van der Waals surface area contributed by atoms with Crippen LogP contribution in [0, 0.1) is 0 Å². The van der Waals surface area contributed by atoms with Crippen LogP contribution in [0.1, 0.15) is 28.5 Å². The van der Waals surface area contributed by atoms with Gasteiger partial charge in [0.05, 0.1) is 12.3 Å². The largest absolute Gasteiger partial charge is 0.487 e. The normalized spacial score (nSPS) is 10.7. The highest BCUT2D eigenvalue weighted by atomic mass is 16.5. The van der Waals surface area contributed by atoms with Gasteiger partial charge in [0.15, 0.2) is 0 Å². The number of fused-ring (bicyclic) bond motifs is 1. The van der Waals surface area contributed by atoms with Gasteiger partial charge in [-0.05, 0) is 43.3 Å². The minimum absolute atomic E-state index is 0.195. The summed E-state index contributed by atoms with van der Waals surface area (Å²) in [5.41, 5.74) is 3.03. The van der Waals surface area contributed by atoms with E-state index in [4.69, 9.17) is 9.47 Å². The maximum absolute atomic E-state index is 12.6. The molecule has 3 heterocycles. The number of aromatic nitrogens is 3. The summed E-state index contributed by atoms with van der Waals surface area (Å²) in [6.45, 7) is 3.06.